The lowest BCUT2D eigenvalue weighted by Gasteiger charge is -2.32. The summed E-state index contributed by atoms with van der Waals surface area (Å²) < 4.78 is 5.13. The summed E-state index contributed by atoms with van der Waals surface area (Å²) in [7, 11) is 0. The number of rotatable bonds is 4. The van der Waals surface area contributed by atoms with Gasteiger partial charge in [-0.25, -0.2) is 4.79 Å². The highest BCUT2D eigenvalue weighted by Crippen LogP contribution is 2.25. The van der Waals surface area contributed by atoms with Crippen LogP contribution in [0.15, 0.2) is 0 Å². The van der Waals surface area contributed by atoms with Gasteiger partial charge in [0.05, 0.1) is 6.61 Å². The van der Waals surface area contributed by atoms with Crippen molar-refractivity contribution in [1.82, 2.24) is 5.32 Å². The van der Waals surface area contributed by atoms with E-state index in [1.807, 2.05) is 41.5 Å². The van der Waals surface area contributed by atoms with E-state index in [2.05, 4.69) is 5.32 Å². The number of ether oxygens (including phenoxy) is 1. The second-order valence-corrected chi connectivity index (χ2v) is 5.82. The van der Waals surface area contributed by atoms with E-state index in [-0.39, 0.29) is 17.9 Å². The van der Waals surface area contributed by atoms with E-state index in [0.29, 0.717) is 6.54 Å². The van der Waals surface area contributed by atoms with Gasteiger partial charge in [0.2, 0.25) is 0 Å². The van der Waals surface area contributed by atoms with Crippen LogP contribution < -0.4 is 5.32 Å². The van der Waals surface area contributed by atoms with Gasteiger partial charge < -0.3 is 15.2 Å². The zero-order valence-electron chi connectivity index (χ0n) is 11.3. The third-order valence-electron chi connectivity index (χ3n) is 2.79. The van der Waals surface area contributed by atoms with E-state index >= 15 is 0 Å². The highest BCUT2D eigenvalue weighted by atomic mass is 16.6. The van der Waals surface area contributed by atoms with Gasteiger partial charge in [-0.1, -0.05) is 20.8 Å². The summed E-state index contributed by atoms with van der Waals surface area (Å²) in [5.41, 5.74) is -0.797. The molecule has 1 amide bonds. The highest BCUT2D eigenvalue weighted by molar-refractivity contribution is 5.67. The Hall–Kier alpha value is -0.770. The van der Waals surface area contributed by atoms with Crippen molar-refractivity contribution in [2.45, 2.75) is 47.1 Å². The van der Waals surface area contributed by atoms with Crippen molar-refractivity contribution in [3.05, 3.63) is 0 Å². The van der Waals surface area contributed by atoms with E-state index in [0.717, 1.165) is 0 Å². The van der Waals surface area contributed by atoms with Crippen LogP contribution in [-0.4, -0.2) is 30.0 Å². The fourth-order valence-corrected chi connectivity index (χ4v) is 1.03. The topological polar surface area (TPSA) is 58.6 Å². The molecule has 0 aliphatic heterocycles. The molecule has 2 N–H and O–H groups in total. The smallest absolute Gasteiger partial charge is 0.407 e. The number of hydrogen-bond acceptors (Lipinski definition) is 3. The van der Waals surface area contributed by atoms with Gasteiger partial charge in [-0.05, 0) is 26.7 Å². The molecule has 0 fully saturated rings. The van der Waals surface area contributed by atoms with Crippen molar-refractivity contribution < 1.29 is 14.6 Å². The summed E-state index contributed by atoms with van der Waals surface area (Å²) in [5.74, 6) is 0.285. The van der Waals surface area contributed by atoms with Gasteiger partial charge in [0.15, 0.2) is 0 Å². The monoisotopic (exact) mass is 231 g/mol. The van der Waals surface area contributed by atoms with Crippen LogP contribution in [0.1, 0.15) is 41.5 Å². The first kappa shape index (κ1) is 15.2. The number of amides is 1. The molecule has 0 saturated heterocycles. The van der Waals surface area contributed by atoms with E-state index in [4.69, 9.17) is 4.74 Å². The zero-order chi connectivity index (χ0) is 13.0. The Labute approximate surface area is 98.4 Å². The SMILES string of the molecule is CC(C)C(C)(CO)CNC(=O)OC(C)(C)C. The Balaban J connectivity index is 4.18. The Morgan fingerprint density at radius 1 is 1.31 bits per heavy atom. The summed E-state index contributed by atoms with van der Waals surface area (Å²) >= 11 is 0. The first-order valence-electron chi connectivity index (χ1n) is 5.68. The normalized spacial score (nSPS) is 15.8. The fraction of sp³-hybridized carbons (Fsp3) is 0.917. The average Bonchev–Trinajstić information content (AvgIpc) is 2.11. The average molecular weight is 231 g/mol. The maximum Gasteiger partial charge on any atom is 0.407 e. The summed E-state index contributed by atoms with van der Waals surface area (Å²) in [6.07, 6.45) is -0.437. The first-order chi connectivity index (χ1) is 7.10. The summed E-state index contributed by atoms with van der Waals surface area (Å²) in [6.45, 7) is 11.9. The minimum Gasteiger partial charge on any atom is -0.444 e. The second-order valence-electron chi connectivity index (χ2n) is 5.82. The molecule has 0 aliphatic carbocycles. The Bertz CT molecular complexity index is 233. The van der Waals surface area contributed by atoms with Crippen LogP contribution in [0.25, 0.3) is 0 Å². The van der Waals surface area contributed by atoms with Gasteiger partial charge in [-0.3, -0.25) is 0 Å². The molecule has 16 heavy (non-hydrogen) atoms. The summed E-state index contributed by atoms with van der Waals surface area (Å²) in [4.78, 5) is 11.4. The number of aliphatic hydroxyl groups excluding tert-OH is 1. The number of carbonyl (C=O) groups excluding carboxylic acids is 1. The molecule has 0 bridgehead atoms. The lowest BCUT2D eigenvalue weighted by molar-refractivity contribution is 0.0433. The van der Waals surface area contributed by atoms with Crippen molar-refractivity contribution in [3.8, 4) is 0 Å². The van der Waals surface area contributed by atoms with Crippen LogP contribution in [0.5, 0.6) is 0 Å². The second kappa shape index (κ2) is 5.53. The van der Waals surface area contributed by atoms with Gasteiger partial charge in [0.25, 0.3) is 0 Å². The fourth-order valence-electron chi connectivity index (χ4n) is 1.03. The van der Waals surface area contributed by atoms with Crippen molar-refractivity contribution in [1.29, 1.82) is 0 Å². The van der Waals surface area contributed by atoms with Gasteiger partial charge >= 0.3 is 6.09 Å². The van der Waals surface area contributed by atoms with Gasteiger partial charge in [0, 0.05) is 12.0 Å². The van der Waals surface area contributed by atoms with E-state index in [1.54, 1.807) is 0 Å². The molecule has 0 aromatic heterocycles. The van der Waals surface area contributed by atoms with Crippen LogP contribution >= 0.6 is 0 Å². The van der Waals surface area contributed by atoms with Gasteiger partial charge in [-0.2, -0.15) is 0 Å². The molecule has 0 aromatic rings. The molecule has 0 spiro atoms. The summed E-state index contributed by atoms with van der Waals surface area (Å²) in [5, 5.41) is 12.0. The minimum absolute atomic E-state index is 0.0421. The van der Waals surface area contributed by atoms with Gasteiger partial charge in [0.1, 0.15) is 5.60 Å². The Morgan fingerprint density at radius 2 is 1.81 bits per heavy atom. The predicted octanol–water partition coefficient (Wildman–Crippen LogP) is 2.17. The van der Waals surface area contributed by atoms with E-state index in [9.17, 15) is 9.90 Å². The standard InChI is InChI=1S/C12H25NO3/c1-9(2)12(6,8-14)7-13-10(15)16-11(3,4)5/h9,14H,7-8H2,1-6H3,(H,13,15). The number of nitrogens with one attached hydrogen (secondary N) is 1. The van der Waals surface area contributed by atoms with Crippen LogP contribution in [-0.2, 0) is 4.74 Å². The molecule has 1 atom stereocenters. The van der Waals surface area contributed by atoms with Crippen LogP contribution in [0.4, 0.5) is 4.79 Å². The molecular weight excluding hydrogens is 206 g/mol. The highest BCUT2D eigenvalue weighted by Gasteiger charge is 2.28. The molecule has 0 radical (unpaired) electrons. The third-order valence-corrected chi connectivity index (χ3v) is 2.79. The molecule has 0 rings (SSSR count). The molecule has 4 nitrogen and oxygen atoms in total. The van der Waals surface area contributed by atoms with Crippen molar-refractivity contribution in [2.75, 3.05) is 13.2 Å². The number of hydrogen-bond donors (Lipinski definition) is 2. The molecule has 0 saturated carbocycles. The summed E-state index contributed by atoms with van der Waals surface area (Å²) in [6, 6.07) is 0. The molecule has 0 heterocycles. The van der Waals surface area contributed by atoms with Crippen LogP contribution in [0, 0.1) is 11.3 Å². The number of carbonyl (C=O) groups is 1. The first-order valence-corrected chi connectivity index (χ1v) is 5.68. The van der Waals surface area contributed by atoms with E-state index < -0.39 is 11.7 Å². The van der Waals surface area contributed by atoms with E-state index in [1.165, 1.54) is 0 Å². The molecule has 0 aromatic carbocycles. The maximum atomic E-state index is 11.4. The number of alkyl carbamates (subject to hydrolysis) is 1. The van der Waals surface area contributed by atoms with Crippen molar-refractivity contribution in [3.63, 3.8) is 0 Å². The van der Waals surface area contributed by atoms with Gasteiger partial charge in [-0.15, -0.1) is 0 Å². The third kappa shape index (κ3) is 5.35. The molecule has 0 aliphatic rings. The number of aliphatic hydroxyl groups is 1. The quantitative estimate of drug-likeness (QED) is 0.779. The predicted molar refractivity (Wildman–Crippen MR) is 64.3 cm³/mol. The van der Waals surface area contributed by atoms with Crippen molar-refractivity contribution in [2.24, 2.45) is 11.3 Å². The van der Waals surface area contributed by atoms with Crippen LogP contribution in [0.3, 0.4) is 0 Å². The molecule has 1 unspecified atom stereocenters. The Morgan fingerprint density at radius 3 is 2.12 bits per heavy atom. The lowest BCUT2D eigenvalue weighted by atomic mass is 9.80. The largest absolute Gasteiger partial charge is 0.444 e. The minimum atomic E-state index is -0.489. The molecular formula is C12H25NO3. The van der Waals surface area contributed by atoms with Crippen LogP contribution in [0.2, 0.25) is 0 Å². The zero-order valence-corrected chi connectivity index (χ0v) is 11.3. The molecule has 96 valence electrons. The maximum absolute atomic E-state index is 11.4. The Kier molecular flexibility index (Phi) is 5.26. The van der Waals surface area contributed by atoms with Crippen molar-refractivity contribution >= 4 is 6.09 Å². The molecule has 4 heteroatoms. The lowest BCUT2D eigenvalue weighted by Crippen LogP contribution is -2.43.